The van der Waals surface area contributed by atoms with E-state index in [1.165, 1.54) is 16.9 Å². The minimum absolute atomic E-state index is 0.310. The Hall–Kier alpha value is -4.05. The Kier molecular flexibility index (Phi) is 8.78. The van der Waals surface area contributed by atoms with Crippen molar-refractivity contribution in [3.05, 3.63) is 88.7 Å². The highest BCUT2D eigenvalue weighted by molar-refractivity contribution is 6.40. The zero-order chi connectivity index (χ0) is 28.9. The first kappa shape index (κ1) is 28.5. The molecule has 2 N–H and O–H groups in total. The highest BCUT2D eigenvalue weighted by Crippen LogP contribution is 2.34. The van der Waals surface area contributed by atoms with Gasteiger partial charge in [-0.15, -0.1) is 0 Å². The highest BCUT2D eigenvalue weighted by atomic mass is 35.5. The standard InChI is InChI=1S/C30H31Cl2N7O2/c1-20-17-23(41-3)11-12-26(20)39(30(40)36-29-24(31)5-4-6-25(29)32)28-18-27(33-19-34-28)35-21-7-9-22(10-8-21)38-15-13-37(2)14-16-38/h4-12,17-19H,13-16H2,1-3H3,(H,36,40)(H,33,34,35). The van der Waals surface area contributed by atoms with Gasteiger partial charge in [-0.3, -0.25) is 0 Å². The van der Waals surface area contributed by atoms with Crippen LogP contribution in [0.1, 0.15) is 5.56 Å². The van der Waals surface area contributed by atoms with Gasteiger partial charge in [0.25, 0.3) is 0 Å². The zero-order valence-corrected chi connectivity index (χ0v) is 24.6. The number of methoxy groups -OCH3 is 1. The van der Waals surface area contributed by atoms with Crippen LogP contribution in [0, 0.1) is 6.92 Å². The molecule has 2 heterocycles. The molecule has 0 saturated carbocycles. The second-order valence-electron chi connectivity index (χ2n) is 9.74. The lowest BCUT2D eigenvalue weighted by atomic mass is 10.1. The maximum Gasteiger partial charge on any atom is 0.332 e. The lowest BCUT2D eigenvalue weighted by Gasteiger charge is -2.34. The number of amides is 2. The largest absolute Gasteiger partial charge is 0.497 e. The van der Waals surface area contributed by atoms with E-state index in [9.17, 15) is 4.79 Å². The Morgan fingerprint density at radius 2 is 1.66 bits per heavy atom. The molecule has 1 saturated heterocycles. The molecule has 0 radical (unpaired) electrons. The van der Waals surface area contributed by atoms with Gasteiger partial charge in [0.2, 0.25) is 0 Å². The fraction of sp³-hybridized carbons (Fsp3) is 0.233. The fourth-order valence-electron chi connectivity index (χ4n) is 4.63. The predicted molar refractivity (Wildman–Crippen MR) is 167 cm³/mol. The fourth-order valence-corrected chi connectivity index (χ4v) is 5.12. The summed E-state index contributed by atoms with van der Waals surface area (Å²) in [6.45, 7) is 5.98. The molecule has 11 heteroatoms. The second-order valence-corrected chi connectivity index (χ2v) is 10.6. The second kappa shape index (κ2) is 12.6. The Morgan fingerprint density at radius 1 is 0.951 bits per heavy atom. The van der Waals surface area contributed by atoms with E-state index in [1.54, 1.807) is 43.5 Å². The molecule has 5 rings (SSSR count). The average molecular weight is 593 g/mol. The van der Waals surface area contributed by atoms with Gasteiger partial charge < -0.3 is 25.2 Å². The molecule has 41 heavy (non-hydrogen) atoms. The molecule has 0 aliphatic carbocycles. The summed E-state index contributed by atoms with van der Waals surface area (Å²) < 4.78 is 5.37. The molecule has 9 nitrogen and oxygen atoms in total. The third kappa shape index (κ3) is 6.65. The number of hydrogen-bond acceptors (Lipinski definition) is 7. The van der Waals surface area contributed by atoms with Crippen molar-refractivity contribution in [2.75, 3.05) is 60.8 Å². The molecule has 0 spiro atoms. The Balaban J connectivity index is 1.43. The van der Waals surface area contributed by atoms with Crippen molar-refractivity contribution in [2.24, 2.45) is 0 Å². The van der Waals surface area contributed by atoms with Crippen molar-refractivity contribution in [1.29, 1.82) is 0 Å². The number of aromatic nitrogens is 2. The summed E-state index contributed by atoms with van der Waals surface area (Å²) in [5, 5.41) is 6.82. The summed E-state index contributed by atoms with van der Waals surface area (Å²) in [5.41, 5.74) is 3.77. The number of para-hydroxylation sites is 1. The number of carbonyl (C=O) groups excluding carboxylic acids is 1. The normalized spacial score (nSPS) is 13.5. The summed E-state index contributed by atoms with van der Waals surface area (Å²) in [6.07, 6.45) is 1.41. The van der Waals surface area contributed by atoms with E-state index in [-0.39, 0.29) is 0 Å². The van der Waals surface area contributed by atoms with E-state index >= 15 is 0 Å². The van der Waals surface area contributed by atoms with E-state index in [0.717, 1.165) is 37.4 Å². The first-order chi connectivity index (χ1) is 19.8. The van der Waals surface area contributed by atoms with Crippen molar-refractivity contribution in [3.63, 3.8) is 0 Å². The van der Waals surface area contributed by atoms with Crippen LogP contribution in [0.25, 0.3) is 0 Å². The van der Waals surface area contributed by atoms with Gasteiger partial charge in [-0.25, -0.2) is 19.7 Å². The number of nitrogens with zero attached hydrogens (tertiary/aromatic N) is 5. The summed E-state index contributed by atoms with van der Waals surface area (Å²) in [5.74, 6) is 1.55. The predicted octanol–water partition coefficient (Wildman–Crippen LogP) is 6.97. The van der Waals surface area contributed by atoms with Crippen LogP contribution in [-0.4, -0.2) is 61.2 Å². The summed E-state index contributed by atoms with van der Waals surface area (Å²) in [7, 11) is 3.74. The van der Waals surface area contributed by atoms with E-state index < -0.39 is 6.03 Å². The smallest absolute Gasteiger partial charge is 0.332 e. The van der Waals surface area contributed by atoms with Crippen LogP contribution in [-0.2, 0) is 0 Å². The molecule has 3 aromatic carbocycles. The van der Waals surface area contributed by atoms with Crippen LogP contribution in [0.4, 0.5) is 39.2 Å². The maximum atomic E-state index is 13.8. The van der Waals surface area contributed by atoms with Gasteiger partial charge in [0, 0.05) is 43.6 Å². The van der Waals surface area contributed by atoms with Gasteiger partial charge in [-0.05, 0) is 74.1 Å². The van der Waals surface area contributed by atoms with Gasteiger partial charge in [-0.1, -0.05) is 29.3 Å². The van der Waals surface area contributed by atoms with E-state index in [2.05, 4.69) is 49.6 Å². The van der Waals surface area contributed by atoms with Crippen molar-refractivity contribution in [1.82, 2.24) is 14.9 Å². The number of nitrogens with one attached hydrogen (secondary N) is 2. The molecule has 212 valence electrons. The number of urea groups is 1. The topological polar surface area (TPSA) is 85.9 Å². The SMILES string of the molecule is COc1ccc(N(C(=O)Nc2c(Cl)cccc2Cl)c2cc(Nc3ccc(N4CCN(C)CC4)cc3)ncn2)c(C)c1. The molecule has 1 fully saturated rings. The minimum Gasteiger partial charge on any atom is -0.497 e. The van der Waals surface area contributed by atoms with Crippen molar-refractivity contribution in [3.8, 4) is 5.75 Å². The van der Waals surface area contributed by atoms with Crippen molar-refractivity contribution < 1.29 is 9.53 Å². The van der Waals surface area contributed by atoms with E-state index in [1.807, 2.05) is 25.1 Å². The Morgan fingerprint density at radius 3 is 2.32 bits per heavy atom. The number of likely N-dealkylation sites (N-methyl/N-ethyl adjacent to an activating group) is 1. The molecule has 0 bridgehead atoms. The number of aryl methyl sites for hydroxylation is 1. The third-order valence-corrected chi connectivity index (χ3v) is 7.56. The first-order valence-corrected chi connectivity index (χ1v) is 13.9. The number of carbonyl (C=O) groups is 1. The van der Waals surface area contributed by atoms with E-state index in [0.29, 0.717) is 38.8 Å². The van der Waals surface area contributed by atoms with Gasteiger partial charge in [-0.2, -0.15) is 0 Å². The zero-order valence-electron chi connectivity index (χ0n) is 23.1. The third-order valence-electron chi connectivity index (χ3n) is 6.93. The maximum absolute atomic E-state index is 13.8. The molecule has 2 amide bonds. The summed E-state index contributed by atoms with van der Waals surface area (Å²) >= 11 is 12.7. The van der Waals surface area contributed by atoms with Gasteiger partial charge in [0.05, 0.1) is 28.5 Å². The highest BCUT2D eigenvalue weighted by Gasteiger charge is 2.24. The molecule has 0 atom stereocenters. The van der Waals surface area contributed by atoms with Crippen LogP contribution in [0.2, 0.25) is 10.0 Å². The Labute approximate surface area is 249 Å². The molecular formula is C30H31Cl2N7O2. The van der Waals surface area contributed by atoms with Crippen LogP contribution in [0.5, 0.6) is 5.75 Å². The number of anilines is 6. The molecule has 0 unspecified atom stereocenters. The monoisotopic (exact) mass is 591 g/mol. The lowest BCUT2D eigenvalue weighted by Crippen LogP contribution is -2.44. The van der Waals surface area contributed by atoms with Gasteiger partial charge in [0.1, 0.15) is 23.7 Å². The minimum atomic E-state index is -0.491. The van der Waals surface area contributed by atoms with Crippen LogP contribution in [0.15, 0.2) is 73.1 Å². The number of rotatable bonds is 7. The average Bonchev–Trinajstić information content (AvgIpc) is 2.97. The van der Waals surface area contributed by atoms with Gasteiger partial charge in [0.15, 0.2) is 0 Å². The molecular weight excluding hydrogens is 561 g/mol. The number of benzene rings is 3. The lowest BCUT2D eigenvalue weighted by molar-refractivity contribution is 0.259. The van der Waals surface area contributed by atoms with Crippen LogP contribution in [0.3, 0.4) is 0 Å². The molecule has 1 aliphatic heterocycles. The van der Waals surface area contributed by atoms with Crippen molar-refractivity contribution in [2.45, 2.75) is 6.92 Å². The van der Waals surface area contributed by atoms with E-state index in [4.69, 9.17) is 27.9 Å². The Bertz CT molecular complexity index is 1510. The number of ether oxygens (including phenoxy) is 1. The van der Waals surface area contributed by atoms with Crippen molar-refractivity contribution >= 4 is 63.6 Å². The summed E-state index contributed by atoms with van der Waals surface area (Å²) in [4.78, 5) is 28.8. The van der Waals surface area contributed by atoms with Crippen LogP contribution >= 0.6 is 23.2 Å². The summed E-state index contributed by atoms with van der Waals surface area (Å²) in [6, 6.07) is 19.9. The van der Waals surface area contributed by atoms with Crippen LogP contribution < -0.4 is 25.2 Å². The number of hydrogen-bond donors (Lipinski definition) is 2. The number of piperazine rings is 1. The molecule has 1 aromatic heterocycles. The number of halogens is 2. The van der Waals surface area contributed by atoms with Gasteiger partial charge >= 0.3 is 6.03 Å². The molecule has 4 aromatic rings. The quantitative estimate of drug-likeness (QED) is 0.240. The first-order valence-electron chi connectivity index (χ1n) is 13.1. The molecule has 1 aliphatic rings.